The number of rotatable bonds is 8. The number of hydrogen-bond acceptors (Lipinski definition) is 7. The normalized spacial score (nSPS) is 12.2. The molecular formula is C12H17N2O5S-. The number of ether oxygens (including phenoxy) is 1. The van der Waals surface area contributed by atoms with E-state index in [9.17, 15) is 17.8 Å². The van der Waals surface area contributed by atoms with Crippen molar-refractivity contribution >= 4 is 16.1 Å². The fraction of sp³-hybridized carbons (Fsp3) is 0.500. The summed E-state index contributed by atoms with van der Waals surface area (Å²) in [5.41, 5.74) is -0.267. The van der Waals surface area contributed by atoms with E-state index in [1.54, 1.807) is 12.3 Å². The van der Waals surface area contributed by atoms with Crippen LogP contribution in [-0.2, 0) is 19.6 Å². The molecule has 20 heavy (non-hydrogen) atoms. The number of esters is 1. The minimum atomic E-state index is -4.44. The van der Waals surface area contributed by atoms with Crippen LogP contribution in [0.3, 0.4) is 0 Å². The van der Waals surface area contributed by atoms with Gasteiger partial charge in [-0.1, -0.05) is 0 Å². The van der Waals surface area contributed by atoms with E-state index in [1.807, 2.05) is 18.7 Å². The van der Waals surface area contributed by atoms with Crippen molar-refractivity contribution in [1.29, 1.82) is 5.26 Å². The van der Waals surface area contributed by atoms with E-state index in [4.69, 9.17) is 5.26 Å². The third-order valence-corrected chi connectivity index (χ3v) is 2.95. The number of carbonyl (C=O) groups excluding carboxylic acids is 1. The molecular weight excluding hydrogens is 284 g/mol. The summed E-state index contributed by atoms with van der Waals surface area (Å²) in [6.45, 7) is 4.92. The largest absolute Gasteiger partial charge is 0.748 e. The van der Waals surface area contributed by atoms with Crippen molar-refractivity contribution in [3.05, 3.63) is 23.9 Å². The SMILES string of the molecule is CCN(/C=C/C=C(\C#N)C(=O)OCCS(=O)(=O)[O-])CC. The number of nitrogens with zero attached hydrogens (tertiary/aromatic N) is 2. The zero-order chi connectivity index (χ0) is 15.6. The highest BCUT2D eigenvalue weighted by atomic mass is 32.2. The van der Waals surface area contributed by atoms with Gasteiger partial charge in [-0.2, -0.15) is 5.26 Å². The smallest absolute Gasteiger partial charge is 0.348 e. The molecule has 0 aromatic carbocycles. The average molecular weight is 301 g/mol. The molecule has 0 amide bonds. The lowest BCUT2D eigenvalue weighted by molar-refractivity contribution is -0.137. The molecule has 0 saturated carbocycles. The molecule has 0 aliphatic carbocycles. The molecule has 0 aromatic heterocycles. The quantitative estimate of drug-likeness (QED) is 0.209. The molecule has 112 valence electrons. The Morgan fingerprint density at radius 1 is 1.40 bits per heavy atom. The van der Waals surface area contributed by atoms with Gasteiger partial charge in [0, 0.05) is 13.1 Å². The Labute approximate surface area is 118 Å². The van der Waals surface area contributed by atoms with E-state index in [2.05, 4.69) is 4.74 Å². The predicted molar refractivity (Wildman–Crippen MR) is 71.3 cm³/mol. The van der Waals surface area contributed by atoms with Gasteiger partial charge in [0.05, 0.1) is 15.9 Å². The Balaban J connectivity index is 4.52. The second-order valence-electron chi connectivity index (χ2n) is 3.65. The zero-order valence-electron chi connectivity index (χ0n) is 11.4. The molecule has 0 spiro atoms. The Kier molecular flexibility index (Phi) is 8.27. The first-order valence-corrected chi connectivity index (χ1v) is 7.55. The molecule has 0 bridgehead atoms. The van der Waals surface area contributed by atoms with E-state index < -0.39 is 28.4 Å². The number of allylic oxidation sites excluding steroid dienone is 2. The summed E-state index contributed by atoms with van der Waals surface area (Å²) in [4.78, 5) is 13.4. The van der Waals surface area contributed by atoms with Crippen molar-refractivity contribution in [2.75, 3.05) is 25.4 Å². The third-order valence-electron chi connectivity index (χ3n) is 2.28. The molecule has 0 rings (SSSR count). The van der Waals surface area contributed by atoms with Gasteiger partial charge in [-0.3, -0.25) is 0 Å². The van der Waals surface area contributed by atoms with Gasteiger partial charge in [0.2, 0.25) is 0 Å². The first-order chi connectivity index (χ1) is 9.34. The molecule has 0 N–H and O–H groups in total. The van der Waals surface area contributed by atoms with Crippen molar-refractivity contribution in [3.8, 4) is 6.07 Å². The maximum atomic E-state index is 11.4. The second-order valence-corrected chi connectivity index (χ2v) is 5.18. The van der Waals surface area contributed by atoms with E-state index in [1.165, 1.54) is 12.2 Å². The standard InChI is InChI=1S/C12H18N2O5S/c1-3-14(4-2)7-5-6-11(10-13)12(15)19-8-9-20(16,17)18/h5-7H,3-4,8-9H2,1-2H3,(H,16,17,18)/p-1/b7-5+,11-6+. The fourth-order valence-corrected chi connectivity index (χ4v) is 1.45. The highest BCUT2D eigenvalue weighted by Crippen LogP contribution is 1.99. The van der Waals surface area contributed by atoms with Crippen LogP contribution in [0.15, 0.2) is 23.9 Å². The number of nitriles is 1. The summed E-state index contributed by atoms with van der Waals surface area (Å²) >= 11 is 0. The fourth-order valence-electron chi connectivity index (χ4n) is 1.16. The Morgan fingerprint density at radius 2 is 2.00 bits per heavy atom. The van der Waals surface area contributed by atoms with Gasteiger partial charge in [0.25, 0.3) is 0 Å². The van der Waals surface area contributed by atoms with Crippen molar-refractivity contribution in [2.45, 2.75) is 13.8 Å². The van der Waals surface area contributed by atoms with Gasteiger partial charge in [0.15, 0.2) is 0 Å². The highest BCUT2D eigenvalue weighted by Gasteiger charge is 2.10. The molecule has 8 heteroatoms. The van der Waals surface area contributed by atoms with Crippen LogP contribution < -0.4 is 0 Å². The van der Waals surface area contributed by atoms with Crippen molar-refractivity contribution < 1.29 is 22.5 Å². The molecule has 0 aliphatic rings. The summed E-state index contributed by atoms with van der Waals surface area (Å²) in [6, 6.07) is 1.65. The van der Waals surface area contributed by atoms with Gasteiger partial charge in [0.1, 0.15) is 18.2 Å². The Bertz CT molecular complexity index is 512. The predicted octanol–water partition coefficient (Wildman–Crippen LogP) is 0.380. The van der Waals surface area contributed by atoms with Gasteiger partial charge in [-0.15, -0.1) is 0 Å². The van der Waals surface area contributed by atoms with Crippen LogP contribution in [-0.4, -0.2) is 49.3 Å². The lowest BCUT2D eigenvalue weighted by Gasteiger charge is -2.13. The highest BCUT2D eigenvalue weighted by molar-refractivity contribution is 7.85. The zero-order valence-corrected chi connectivity index (χ0v) is 12.2. The van der Waals surface area contributed by atoms with Gasteiger partial charge in [-0.25, -0.2) is 13.2 Å². The van der Waals surface area contributed by atoms with Gasteiger partial charge in [-0.05, 0) is 32.2 Å². The van der Waals surface area contributed by atoms with Gasteiger partial charge < -0.3 is 14.2 Å². The van der Waals surface area contributed by atoms with Crippen LogP contribution in [0.5, 0.6) is 0 Å². The van der Waals surface area contributed by atoms with Crippen LogP contribution in [0.1, 0.15) is 13.8 Å². The van der Waals surface area contributed by atoms with Crippen molar-refractivity contribution in [2.24, 2.45) is 0 Å². The summed E-state index contributed by atoms with van der Waals surface area (Å²) in [5.74, 6) is -1.77. The van der Waals surface area contributed by atoms with Crippen LogP contribution >= 0.6 is 0 Å². The topological polar surface area (TPSA) is 111 Å². The first-order valence-electron chi connectivity index (χ1n) is 5.97. The molecule has 0 saturated heterocycles. The minimum Gasteiger partial charge on any atom is -0.748 e. The van der Waals surface area contributed by atoms with E-state index in [-0.39, 0.29) is 5.57 Å². The third kappa shape index (κ3) is 8.29. The molecule has 0 fully saturated rings. The summed E-state index contributed by atoms with van der Waals surface area (Å²) < 4.78 is 35.5. The minimum absolute atomic E-state index is 0.267. The van der Waals surface area contributed by atoms with Crippen LogP contribution in [0.2, 0.25) is 0 Å². The summed E-state index contributed by atoms with van der Waals surface area (Å²) in [6.07, 6.45) is 4.51. The first kappa shape index (κ1) is 18.1. The molecule has 0 heterocycles. The monoisotopic (exact) mass is 301 g/mol. The van der Waals surface area contributed by atoms with Crippen molar-refractivity contribution in [1.82, 2.24) is 4.90 Å². The lowest BCUT2D eigenvalue weighted by Crippen LogP contribution is -2.16. The Hall–Kier alpha value is -1.85. The molecule has 7 nitrogen and oxygen atoms in total. The van der Waals surface area contributed by atoms with E-state index in [0.29, 0.717) is 0 Å². The Morgan fingerprint density at radius 3 is 2.45 bits per heavy atom. The van der Waals surface area contributed by atoms with Crippen LogP contribution in [0.25, 0.3) is 0 Å². The second kappa shape index (κ2) is 9.12. The van der Waals surface area contributed by atoms with E-state index in [0.717, 1.165) is 13.1 Å². The van der Waals surface area contributed by atoms with Gasteiger partial charge >= 0.3 is 5.97 Å². The molecule has 0 radical (unpaired) electrons. The molecule has 0 unspecified atom stereocenters. The maximum absolute atomic E-state index is 11.4. The number of carbonyl (C=O) groups is 1. The summed E-state index contributed by atoms with van der Waals surface area (Å²) in [7, 11) is -4.44. The van der Waals surface area contributed by atoms with Crippen LogP contribution in [0.4, 0.5) is 0 Å². The molecule has 0 atom stereocenters. The maximum Gasteiger partial charge on any atom is 0.348 e. The van der Waals surface area contributed by atoms with Crippen molar-refractivity contribution in [3.63, 3.8) is 0 Å². The lowest BCUT2D eigenvalue weighted by atomic mass is 10.3. The summed E-state index contributed by atoms with van der Waals surface area (Å²) in [5, 5.41) is 8.79. The molecule has 0 aromatic rings. The van der Waals surface area contributed by atoms with E-state index >= 15 is 0 Å². The van der Waals surface area contributed by atoms with Crippen LogP contribution in [0, 0.1) is 11.3 Å². The number of hydrogen-bond donors (Lipinski definition) is 0. The average Bonchev–Trinajstić information content (AvgIpc) is 2.37. The molecule has 0 aliphatic heterocycles.